The number of hydrogen-bond acceptors (Lipinski definition) is 2. The van der Waals surface area contributed by atoms with Gasteiger partial charge in [0.05, 0.1) is 13.2 Å². The molecule has 0 fully saturated rings. The van der Waals surface area contributed by atoms with E-state index >= 15 is 0 Å². The molecular formula is C23H20FNO2. The summed E-state index contributed by atoms with van der Waals surface area (Å²) in [6, 6.07) is 23.1. The first kappa shape index (κ1) is 18.4. The van der Waals surface area contributed by atoms with Gasteiger partial charge in [-0.2, -0.15) is 0 Å². The summed E-state index contributed by atoms with van der Waals surface area (Å²) < 4.78 is 18.5. The predicted molar refractivity (Wildman–Crippen MR) is 105 cm³/mol. The second-order valence-electron chi connectivity index (χ2n) is 6.01. The van der Waals surface area contributed by atoms with Crippen molar-refractivity contribution in [2.45, 2.75) is 6.04 Å². The molecule has 0 aliphatic carbocycles. The monoisotopic (exact) mass is 361 g/mol. The molecule has 0 heterocycles. The maximum Gasteiger partial charge on any atom is 0.244 e. The fourth-order valence-corrected chi connectivity index (χ4v) is 2.77. The second kappa shape index (κ2) is 8.81. The van der Waals surface area contributed by atoms with Crippen LogP contribution in [0, 0.1) is 5.82 Å². The SMILES string of the molecule is COc1ccc([C@@H](NC(=O)/C=C/c2cccc(F)c2)c2ccccc2)cc1. The van der Waals surface area contributed by atoms with E-state index in [0.717, 1.165) is 16.9 Å². The van der Waals surface area contributed by atoms with Crippen molar-refractivity contribution in [3.63, 3.8) is 0 Å². The number of nitrogens with one attached hydrogen (secondary N) is 1. The Morgan fingerprint density at radius 2 is 1.67 bits per heavy atom. The Balaban J connectivity index is 1.81. The number of carbonyl (C=O) groups is 1. The largest absolute Gasteiger partial charge is 0.497 e. The van der Waals surface area contributed by atoms with E-state index in [2.05, 4.69) is 5.32 Å². The standard InChI is InChI=1S/C23H20FNO2/c1-27-21-13-11-19(12-14-21)23(18-7-3-2-4-8-18)25-22(26)15-10-17-6-5-9-20(24)16-17/h2-16,23H,1H3,(H,25,26)/b15-10+/t23-/m0/s1. The zero-order valence-electron chi connectivity index (χ0n) is 14.9. The molecule has 4 heteroatoms. The molecule has 0 aromatic heterocycles. The molecule has 0 aliphatic heterocycles. The fraction of sp³-hybridized carbons (Fsp3) is 0.0870. The first-order valence-corrected chi connectivity index (χ1v) is 8.59. The minimum atomic E-state index is -0.335. The van der Waals surface area contributed by atoms with E-state index in [1.165, 1.54) is 18.2 Å². The van der Waals surface area contributed by atoms with Crippen LogP contribution in [-0.4, -0.2) is 13.0 Å². The molecular weight excluding hydrogens is 341 g/mol. The van der Waals surface area contributed by atoms with E-state index in [1.54, 1.807) is 25.3 Å². The predicted octanol–water partition coefficient (Wildman–Crippen LogP) is 4.75. The van der Waals surface area contributed by atoms with Crippen molar-refractivity contribution < 1.29 is 13.9 Å². The Labute approximate surface area is 158 Å². The molecule has 0 spiro atoms. The summed E-state index contributed by atoms with van der Waals surface area (Å²) >= 11 is 0. The molecule has 0 saturated heterocycles. The molecule has 1 N–H and O–H groups in total. The summed E-state index contributed by atoms with van der Waals surface area (Å²) in [5.41, 5.74) is 2.54. The summed E-state index contributed by atoms with van der Waals surface area (Å²) in [6.45, 7) is 0. The number of ether oxygens (including phenoxy) is 1. The number of methoxy groups -OCH3 is 1. The number of amides is 1. The summed E-state index contributed by atoms with van der Waals surface area (Å²) in [5, 5.41) is 3.01. The van der Waals surface area contributed by atoms with Gasteiger partial charge in [0.1, 0.15) is 11.6 Å². The van der Waals surface area contributed by atoms with E-state index in [9.17, 15) is 9.18 Å². The molecule has 3 rings (SSSR count). The van der Waals surface area contributed by atoms with Gasteiger partial charge in [0, 0.05) is 6.08 Å². The number of rotatable bonds is 6. The highest BCUT2D eigenvalue weighted by atomic mass is 19.1. The lowest BCUT2D eigenvalue weighted by Crippen LogP contribution is -2.27. The highest BCUT2D eigenvalue weighted by molar-refractivity contribution is 5.92. The van der Waals surface area contributed by atoms with E-state index < -0.39 is 0 Å². The minimum absolute atomic E-state index is 0.260. The van der Waals surface area contributed by atoms with Crippen LogP contribution < -0.4 is 10.1 Å². The molecule has 1 atom stereocenters. The lowest BCUT2D eigenvalue weighted by atomic mass is 9.98. The Kier molecular flexibility index (Phi) is 6.00. The normalized spacial score (nSPS) is 11.9. The topological polar surface area (TPSA) is 38.3 Å². The molecule has 1 amide bonds. The van der Waals surface area contributed by atoms with Gasteiger partial charge in [-0.1, -0.05) is 54.6 Å². The van der Waals surface area contributed by atoms with E-state index in [-0.39, 0.29) is 17.8 Å². The van der Waals surface area contributed by atoms with Crippen molar-refractivity contribution in [2.75, 3.05) is 7.11 Å². The van der Waals surface area contributed by atoms with Crippen LogP contribution in [0.5, 0.6) is 5.75 Å². The van der Waals surface area contributed by atoms with Crippen molar-refractivity contribution in [1.82, 2.24) is 5.32 Å². The molecule has 0 saturated carbocycles. The Morgan fingerprint density at radius 1 is 0.963 bits per heavy atom. The van der Waals surface area contributed by atoms with Crippen LogP contribution in [0.2, 0.25) is 0 Å². The van der Waals surface area contributed by atoms with Crippen LogP contribution in [0.1, 0.15) is 22.7 Å². The Morgan fingerprint density at radius 3 is 2.33 bits per heavy atom. The van der Waals surface area contributed by atoms with Gasteiger partial charge >= 0.3 is 0 Å². The lowest BCUT2D eigenvalue weighted by molar-refractivity contribution is -0.116. The van der Waals surface area contributed by atoms with E-state index in [0.29, 0.717) is 5.56 Å². The quantitative estimate of drug-likeness (QED) is 0.643. The summed E-state index contributed by atoms with van der Waals surface area (Å²) in [6.07, 6.45) is 3.00. The fourth-order valence-electron chi connectivity index (χ4n) is 2.77. The molecule has 3 aromatic rings. The first-order chi connectivity index (χ1) is 13.2. The second-order valence-corrected chi connectivity index (χ2v) is 6.01. The third kappa shape index (κ3) is 5.05. The zero-order chi connectivity index (χ0) is 19.1. The van der Waals surface area contributed by atoms with Gasteiger partial charge in [-0.05, 0) is 47.0 Å². The van der Waals surface area contributed by atoms with Crippen molar-refractivity contribution in [3.05, 3.63) is 107 Å². The molecule has 0 aliphatic rings. The molecule has 0 bridgehead atoms. The average Bonchev–Trinajstić information content (AvgIpc) is 2.71. The molecule has 3 aromatic carbocycles. The van der Waals surface area contributed by atoms with Crippen molar-refractivity contribution in [3.8, 4) is 5.75 Å². The maximum absolute atomic E-state index is 13.3. The summed E-state index contributed by atoms with van der Waals surface area (Å²) in [4.78, 5) is 12.5. The van der Waals surface area contributed by atoms with Gasteiger partial charge in [0.25, 0.3) is 0 Å². The Bertz CT molecular complexity index is 921. The van der Waals surface area contributed by atoms with Crippen LogP contribution in [0.15, 0.2) is 84.9 Å². The first-order valence-electron chi connectivity index (χ1n) is 8.59. The van der Waals surface area contributed by atoms with Gasteiger partial charge in [-0.25, -0.2) is 4.39 Å². The smallest absolute Gasteiger partial charge is 0.244 e. The van der Waals surface area contributed by atoms with Gasteiger partial charge in [0.2, 0.25) is 5.91 Å². The van der Waals surface area contributed by atoms with Crippen LogP contribution in [0.25, 0.3) is 6.08 Å². The van der Waals surface area contributed by atoms with E-state index in [1.807, 2.05) is 54.6 Å². The van der Waals surface area contributed by atoms with Crippen LogP contribution in [0.3, 0.4) is 0 Å². The molecule has 27 heavy (non-hydrogen) atoms. The molecule has 0 unspecified atom stereocenters. The minimum Gasteiger partial charge on any atom is -0.497 e. The highest BCUT2D eigenvalue weighted by Crippen LogP contribution is 2.24. The molecule has 0 radical (unpaired) electrons. The van der Waals surface area contributed by atoms with Crippen LogP contribution in [-0.2, 0) is 4.79 Å². The maximum atomic E-state index is 13.3. The van der Waals surface area contributed by atoms with Crippen LogP contribution >= 0.6 is 0 Å². The zero-order valence-corrected chi connectivity index (χ0v) is 14.9. The summed E-state index contributed by atoms with van der Waals surface area (Å²) in [7, 11) is 1.61. The van der Waals surface area contributed by atoms with Crippen molar-refractivity contribution in [2.24, 2.45) is 0 Å². The number of benzene rings is 3. The Hall–Kier alpha value is -3.40. The number of hydrogen-bond donors (Lipinski definition) is 1. The van der Waals surface area contributed by atoms with Crippen molar-refractivity contribution in [1.29, 1.82) is 0 Å². The van der Waals surface area contributed by atoms with Crippen molar-refractivity contribution >= 4 is 12.0 Å². The van der Waals surface area contributed by atoms with Gasteiger partial charge < -0.3 is 10.1 Å². The molecule has 136 valence electrons. The van der Waals surface area contributed by atoms with Crippen LogP contribution in [0.4, 0.5) is 4.39 Å². The van der Waals surface area contributed by atoms with Gasteiger partial charge in [-0.15, -0.1) is 0 Å². The average molecular weight is 361 g/mol. The summed E-state index contributed by atoms with van der Waals surface area (Å²) in [5.74, 6) is 0.157. The lowest BCUT2D eigenvalue weighted by Gasteiger charge is -2.19. The third-order valence-corrected chi connectivity index (χ3v) is 4.14. The third-order valence-electron chi connectivity index (χ3n) is 4.14. The number of carbonyl (C=O) groups excluding carboxylic acids is 1. The van der Waals surface area contributed by atoms with E-state index in [4.69, 9.17) is 4.74 Å². The molecule has 3 nitrogen and oxygen atoms in total. The number of halogens is 1. The highest BCUT2D eigenvalue weighted by Gasteiger charge is 2.15. The van der Waals surface area contributed by atoms with Gasteiger partial charge in [0.15, 0.2) is 0 Å². The van der Waals surface area contributed by atoms with Gasteiger partial charge in [-0.3, -0.25) is 4.79 Å².